The van der Waals surface area contributed by atoms with Gasteiger partial charge >= 0.3 is 0 Å². The average molecular weight is 383 g/mol. The standard InChI is InChI=1S/C22H25NO5/c1-26-18-6-3-16(4-7-18)5-8-20(24)19-13-17(22(27-2)14-21(19)25)15-23-9-11-28-12-10-23/h3-8,13-14,25H,9-12,15H2,1-2H3/b8-5+. The Morgan fingerprint density at radius 3 is 2.50 bits per heavy atom. The Kier molecular flexibility index (Phi) is 6.68. The maximum atomic E-state index is 12.7. The van der Waals surface area contributed by atoms with Crippen LogP contribution in [0.3, 0.4) is 0 Å². The lowest BCUT2D eigenvalue weighted by Gasteiger charge is -2.27. The molecule has 1 heterocycles. The Morgan fingerprint density at radius 2 is 1.86 bits per heavy atom. The van der Waals surface area contributed by atoms with Crippen LogP contribution in [0.2, 0.25) is 0 Å². The number of carbonyl (C=O) groups is 1. The number of rotatable bonds is 7. The van der Waals surface area contributed by atoms with Crippen LogP contribution in [0, 0.1) is 0 Å². The van der Waals surface area contributed by atoms with Gasteiger partial charge in [-0.1, -0.05) is 18.2 Å². The number of benzene rings is 2. The first-order chi connectivity index (χ1) is 13.6. The minimum Gasteiger partial charge on any atom is -0.507 e. The molecule has 0 unspecified atom stereocenters. The zero-order valence-corrected chi connectivity index (χ0v) is 16.2. The molecule has 0 amide bonds. The molecule has 0 spiro atoms. The molecule has 0 aliphatic carbocycles. The second-order valence-corrected chi connectivity index (χ2v) is 6.54. The zero-order chi connectivity index (χ0) is 19.9. The summed E-state index contributed by atoms with van der Waals surface area (Å²) >= 11 is 0. The highest BCUT2D eigenvalue weighted by Crippen LogP contribution is 2.30. The van der Waals surface area contributed by atoms with E-state index >= 15 is 0 Å². The molecule has 1 fully saturated rings. The highest BCUT2D eigenvalue weighted by Gasteiger charge is 2.18. The van der Waals surface area contributed by atoms with Crippen LogP contribution in [0.4, 0.5) is 0 Å². The largest absolute Gasteiger partial charge is 0.507 e. The molecule has 1 N–H and O–H groups in total. The van der Waals surface area contributed by atoms with Crippen LogP contribution in [0.5, 0.6) is 17.2 Å². The molecule has 0 aromatic heterocycles. The average Bonchev–Trinajstić information content (AvgIpc) is 2.74. The van der Waals surface area contributed by atoms with E-state index in [1.54, 1.807) is 26.4 Å². The molecule has 0 bridgehead atoms. The van der Waals surface area contributed by atoms with Crippen molar-refractivity contribution in [3.8, 4) is 17.2 Å². The topological polar surface area (TPSA) is 68.2 Å². The number of phenols is 1. The summed E-state index contributed by atoms with van der Waals surface area (Å²) in [5.74, 6) is 0.967. The molecule has 0 atom stereocenters. The number of hydrogen-bond donors (Lipinski definition) is 1. The maximum absolute atomic E-state index is 12.7. The van der Waals surface area contributed by atoms with Gasteiger partial charge in [0.15, 0.2) is 5.78 Å². The third kappa shape index (κ3) is 4.91. The van der Waals surface area contributed by atoms with Gasteiger partial charge < -0.3 is 19.3 Å². The quantitative estimate of drug-likeness (QED) is 0.585. The van der Waals surface area contributed by atoms with E-state index in [1.807, 2.05) is 24.3 Å². The summed E-state index contributed by atoms with van der Waals surface area (Å²) in [6.45, 7) is 3.66. The monoisotopic (exact) mass is 383 g/mol. The van der Waals surface area contributed by atoms with Gasteiger partial charge in [-0.15, -0.1) is 0 Å². The van der Waals surface area contributed by atoms with Gasteiger partial charge in [0, 0.05) is 31.3 Å². The smallest absolute Gasteiger partial charge is 0.189 e. The molecule has 0 radical (unpaired) electrons. The minimum atomic E-state index is -0.265. The van der Waals surface area contributed by atoms with Gasteiger partial charge in [0.2, 0.25) is 0 Å². The predicted octanol–water partition coefficient (Wildman–Crippen LogP) is 3.14. The van der Waals surface area contributed by atoms with Gasteiger partial charge in [0.1, 0.15) is 17.2 Å². The normalized spacial score (nSPS) is 14.9. The molecule has 0 saturated carbocycles. The van der Waals surface area contributed by atoms with Crippen LogP contribution in [0.15, 0.2) is 42.5 Å². The number of nitrogens with zero attached hydrogens (tertiary/aromatic N) is 1. The summed E-state index contributed by atoms with van der Waals surface area (Å²) in [6, 6.07) is 10.6. The Hall–Kier alpha value is -2.83. The van der Waals surface area contributed by atoms with E-state index in [0.29, 0.717) is 25.5 Å². The Balaban J connectivity index is 1.79. The van der Waals surface area contributed by atoms with Crippen molar-refractivity contribution in [2.75, 3.05) is 40.5 Å². The van der Waals surface area contributed by atoms with Gasteiger partial charge in [-0.25, -0.2) is 0 Å². The molecule has 2 aromatic carbocycles. The summed E-state index contributed by atoms with van der Waals surface area (Å²) in [6.07, 6.45) is 3.18. The lowest BCUT2D eigenvalue weighted by Crippen LogP contribution is -2.35. The summed E-state index contributed by atoms with van der Waals surface area (Å²) in [5.41, 5.74) is 1.99. The van der Waals surface area contributed by atoms with E-state index in [9.17, 15) is 9.90 Å². The maximum Gasteiger partial charge on any atom is 0.189 e. The van der Waals surface area contributed by atoms with Crippen LogP contribution in [-0.4, -0.2) is 56.3 Å². The van der Waals surface area contributed by atoms with E-state index in [0.717, 1.165) is 30.0 Å². The first-order valence-electron chi connectivity index (χ1n) is 9.17. The molecule has 1 saturated heterocycles. The Bertz CT molecular complexity index is 839. The fraction of sp³-hybridized carbons (Fsp3) is 0.318. The van der Waals surface area contributed by atoms with Crippen molar-refractivity contribution in [1.29, 1.82) is 0 Å². The summed E-state index contributed by atoms with van der Waals surface area (Å²) in [4.78, 5) is 14.9. The highest BCUT2D eigenvalue weighted by molar-refractivity contribution is 6.08. The van der Waals surface area contributed by atoms with Gasteiger partial charge in [0.25, 0.3) is 0 Å². The van der Waals surface area contributed by atoms with Crippen molar-refractivity contribution in [3.05, 3.63) is 59.2 Å². The van der Waals surface area contributed by atoms with Gasteiger partial charge in [0.05, 0.1) is 33.0 Å². The fourth-order valence-corrected chi connectivity index (χ4v) is 3.10. The fourth-order valence-electron chi connectivity index (χ4n) is 3.10. The van der Waals surface area contributed by atoms with Crippen molar-refractivity contribution in [2.45, 2.75) is 6.54 Å². The molecule has 6 nitrogen and oxygen atoms in total. The van der Waals surface area contributed by atoms with E-state index < -0.39 is 0 Å². The molecule has 6 heteroatoms. The number of carbonyl (C=O) groups excluding carboxylic acids is 1. The van der Waals surface area contributed by atoms with Crippen LogP contribution in [0.25, 0.3) is 6.08 Å². The number of allylic oxidation sites excluding steroid dienone is 1. The van der Waals surface area contributed by atoms with Gasteiger partial charge in [-0.3, -0.25) is 9.69 Å². The third-order valence-electron chi connectivity index (χ3n) is 4.70. The number of aromatic hydroxyl groups is 1. The SMILES string of the molecule is COc1ccc(/C=C/C(=O)c2cc(CN3CCOCC3)c(OC)cc2O)cc1. The van der Waals surface area contributed by atoms with Crippen LogP contribution in [-0.2, 0) is 11.3 Å². The van der Waals surface area contributed by atoms with Crippen LogP contribution >= 0.6 is 0 Å². The van der Waals surface area contributed by atoms with E-state index in [-0.39, 0.29) is 17.1 Å². The van der Waals surface area contributed by atoms with Crippen molar-refractivity contribution < 1.29 is 24.1 Å². The number of phenolic OH excluding ortho intramolecular Hbond substituents is 1. The van der Waals surface area contributed by atoms with Crippen molar-refractivity contribution >= 4 is 11.9 Å². The zero-order valence-electron chi connectivity index (χ0n) is 16.2. The van der Waals surface area contributed by atoms with Crippen molar-refractivity contribution in [2.24, 2.45) is 0 Å². The molecular weight excluding hydrogens is 358 g/mol. The van der Waals surface area contributed by atoms with Crippen LogP contribution in [0.1, 0.15) is 21.5 Å². The van der Waals surface area contributed by atoms with Crippen molar-refractivity contribution in [1.82, 2.24) is 4.90 Å². The lowest BCUT2D eigenvalue weighted by molar-refractivity contribution is 0.0338. The second kappa shape index (κ2) is 9.39. The lowest BCUT2D eigenvalue weighted by atomic mass is 10.0. The van der Waals surface area contributed by atoms with Gasteiger partial charge in [-0.2, -0.15) is 0 Å². The predicted molar refractivity (Wildman–Crippen MR) is 107 cm³/mol. The molecule has 2 aromatic rings. The first-order valence-corrected chi connectivity index (χ1v) is 9.17. The van der Waals surface area contributed by atoms with Crippen LogP contribution < -0.4 is 9.47 Å². The first kappa shape index (κ1) is 19.9. The number of methoxy groups -OCH3 is 2. The van der Waals surface area contributed by atoms with E-state index in [2.05, 4.69) is 4.90 Å². The Labute approximate surface area is 164 Å². The van der Waals surface area contributed by atoms with E-state index in [4.69, 9.17) is 14.2 Å². The Morgan fingerprint density at radius 1 is 1.14 bits per heavy atom. The van der Waals surface area contributed by atoms with E-state index in [1.165, 1.54) is 12.1 Å². The number of ketones is 1. The summed E-state index contributed by atoms with van der Waals surface area (Å²) < 4.78 is 15.9. The molecule has 1 aliphatic heterocycles. The number of hydrogen-bond acceptors (Lipinski definition) is 6. The van der Waals surface area contributed by atoms with Gasteiger partial charge in [-0.05, 0) is 29.8 Å². The van der Waals surface area contributed by atoms with Crippen molar-refractivity contribution in [3.63, 3.8) is 0 Å². The number of ether oxygens (including phenoxy) is 3. The summed E-state index contributed by atoms with van der Waals surface area (Å²) in [5, 5.41) is 10.3. The number of morpholine rings is 1. The molecular formula is C22H25NO5. The molecule has 3 rings (SSSR count). The summed E-state index contributed by atoms with van der Waals surface area (Å²) in [7, 11) is 3.16. The second-order valence-electron chi connectivity index (χ2n) is 6.54. The third-order valence-corrected chi connectivity index (χ3v) is 4.70. The minimum absolute atomic E-state index is 0.0908. The highest BCUT2D eigenvalue weighted by atomic mass is 16.5. The molecule has 28 heavy (non-hydrogen) atoms. The molecule has 148 valence electrons. The molecule has 1 aliphatic rings.